The Balaban J connectivity index is 1.57. The van der Waals surface area contributed by atoms with Crippen molar-refractivity contribution in [1.29, 1.82) is 0 Å². The van der Waals surface area contributed by atoms with Crippen molar-refractivity contribution in [1.82, 2.24) is 4.90 Å². The largest absolute Gasteiger partial charge is 0.299 e. The lowest BCUT2D eigenvalue weighted by atomic mass is 10.0. The highest BCUT2D eigenvalue weighted by molar-refractivity contribution is 7.92. The minimum absolute atomic E-state index is 0.210. The highest BCUT2D eigenvalue weighted by Gasteiger charge is 2.34. The second-order valence-corrected chi connectivity index (χ2v) is 9.91. The van der Waals surface area contributed by atoms with Gasteiger partial charge in [0.15, 0.2) is 0 Å². The van der Waals surface area contributed by atoms with Crippen molar-refractivity contribution in [2.45, 2.75) is 30.3 Å². The van der Waals surface area contributed by atoms with E-state index in [1.165, 1.54) is 28.6 Å². The van der Waals surface area contributed by atoms with E-state index in [0.29, 0.717) is 18.5 Å². The molecule has 0 unspecified atom stereocenters. The van der Waals surface area contributed by atoms with Crippen molar-refractivity contribution in [3.63, 3.8) is 0 Å². The SMILES string of the molecule is O=S(=O)(c1ccccc1)N(c1ccc(F)cc1)C1CCN(Cc2ccccc2Cl)CC1. The molecule has 1 fully saturated rings. The molecule has 0 saturated carbocycles. The van der Waals surface area contributed by atoms with Gasteiger partial charge in [0.2, 0.25) is 0 Å². The van der Waals surface area contributed by atoms with Crippen LogP contribution in [-0.2, 0) is 16.6 Å². The molecular formula is C24H24ClFN2O2S. The van der Waals surface area contributed by atoms with Gasteiger partial charge >= 0.3 is 0 Å². The van der Waals surface area contributed by atoms with Crippen LogP contribution in [0.15, 0.2) is 83.8 Å². The molecule has 0 radical (unpaired) electrons. The maximum atomic E-state index is 13.5. The predicted octanol–water partition coefficient (Wildman–Crippen LogP) is 5.34. The first kappa shape index (κ1) is 21.8. The topological polar surface area (TPSA) is 40.6 Å². The van der Waals surface area contributed by atoms with Crippen molar-refractivity contribution in [3.8, 4) is 0 Å². The third-order valence-corrected chi connectivity index (χ3v) is 7.89. The van der Waals surface area contributed by atoms with Gasteiger partial charge in [0.25, 0.3) is 10.0 Å². The van der Waals surface area contributed by atoms with Crippen LogP contribution in [0.3, 0.4) is 0 Å². The number of nitrogens with zero attached hydrogens (tertiary/aromatic N) is 2. The number of benzene rings is 3. The van der Waals surface area contributed by atoms with Crippen LogP contribution in [0, 0.1) is 5.82 Å². The Kier molecular flexibility index (Phi) is 6.60. The first-order valence-corrected chi connectivity index (χ1v) is 12.1. The molecule has 1 saturated heterocycles. The molecule has 0 bridgehead atoms. The average molecular weight is 459 g/mol. The minimum Gasteiger partial charge on any atom is -0.299 e. The van der Waals surface area contributed by atoms with Crippen molar-refractivity contribution in [2.24, 2.45) is 0 Å². The van der Waals surface area contributed by atoms with Crippen LogP contribution >= 0.6 is 11.6 Å². The van der Waals surface area contributed by atoms with E-state index < -0.39 is 15.8 Å². The zero-order valence-electron chi connectivity index (χ0n) is 17.0. The number of rotatable bonds is 6. The van der Waals surface area contributed by atoms with Crippen LogP contribution in [0.1, 0.15) is 18.4 Å². The molecule has 3 aromatic rings. The van der Waals surface area contributed by atoms with Crippen LogP contribution in [0.25, 0.3) is 0 Å². The molecule has 0 aromatic heterocycles. The number of sulfonamides is 1. The van der Waals surface area contributed by atoms with E-state index in [2.05, 4.69) is 4.90 Å². The summed E-state index contributed by atoms with van der Waals surface area (Å²) in [6.45, 7) is 2.23. The van der Waals surface area contributed by atoms with Gasteiger partial charge in [-0.3, -0.25) is 9.21 Å². The number of hydrogen-bond donors (Lipinski definition) is 0. The molecule has 1 aliphatic heterocycles. The third kappa shape index (κ3) is 4.92. The summed E-state index contributed by atoms with van der Waals surface area (Å²) in [5.41, 5.74) is 1.55. The lowest BCUT2D eigenvalue weighted by molar-refractivity contribution is 0.206. The summed E-state index contributed by atoms with van der Waals surface area (Å²) in [5, 5.41) is 0.740. The Morgan fingerprint density at radius 2 is 1.52 bits per heavy atom. The average Bonchev–Trinajstić information content (AvgIpc) is 2.78. The first-order chi connectivity index (χ1) is 14.9. The van der Waals surface area contributed by atoms with Gasteiger partial charge in [0.1, 0.15) is 5.82 Å². The summed E-state index contributed by atoms with van der Waals surface area (Å²) in [4.78, 5) is 2.52. The maximum Gasteiger partial charge on any atom is 0.264 e. The Labute approximate surface area is 187 Å². The fourth-order valence-corrected chi connectivity index (χ4v) is 5.95. The molecule has 1 heterocycles. The normalized spacial score (nSPS) is 15.7. The summed E-state index contributed by atoms with van der Waals surface area (Å²) in [5.74, 6) is -0.393. The fraction of sp³-hybridized carbons (Fsp3) is 0.250. The predicted molar refractivity (Wildman–Crippen MR) is 122 cm³/mol. The summed E-state index contributed by atoms with van der Waals surface area (Å²) in [6.07, 6.45) is 1.35. The molecule has 0 atom stereocenters. The molecule has 3 aromatic carbocycles. The summed E-state index contributed by atoms with van der Waals surface area (Å²) >= 11 is 6.30. The minimum atomic E-state index is -3.78. The van der Waals surface area contributed by atoms with Crippen molar-refractivity contribution in [3.05, 3.63) is 95.3 Å². The monoisotopic (exact) mass is 458 g/mol. The number of halogens is 2. The van der Waals surface area contributed by atoms with Gasteiger partial charge in [-0.1, -0.05) is 48.0 Å². The van der Waals surface area contributed by atoms with Gasteiger partial charge in [-0.05, 0) is 60.9 Å². The van der Waals surface area contributed by atoms with E-state index in [9.17, 15) is 12.8 Å². The second kappa shape index (κ2) is 9.39. The first-order valence-electron chi connectivity index (χ1n) is 10.3. The van der Waals surface area contributed by atoms with Crippen molar-refractivity contribution < 1.29 is 12.8 Å². The van der Waals surface area contributed by atoms with Crippen molar-refractivity contribution >= 4 is 27.3 Å². The molecular weight excluding hydrogens is 435 g/mol. The third-order valence-electron chi connectivity index (χ3n) is 5.62. The van der Waals surface area contributed by atoms with Crippen LogP contribution in [0.5, 0.6) is 0 Å². The molecule has 31 heavy (non-hydrogen) atoms. The van der Waals surface area contributed by atoms with E-state index in [1.54, 1.807) is 30.3 Å². The summed E-state index contributed by atoms with van der Waals surface area (Å²) < 4.78 is 42.1. The molecule has 0 aliphatic carbocycles. The Morgan fingerprint density at radius 3 is 2.16 bits per heavy atom. The molecule has 4 nitrogen and oxygen atoms in total. The smallest absolute Gasteiger partial charge is 0.264 e. The van der Waals surface area contributed by atoms with Gasteiger partial charge in [-0.15, -0.1) is 0 Å². The molecule has 0 N–H and O–H groups in total. The number of hydrogen-bond acceptors (Lipinski definition) is 3. The zero-order valence-corrected chi connectivity index (χ0v) is 18.6. The molecule has 1 aliphatic rings. The standard InChI is InChI=1S/C24H24ClFN2O2S/c25-24-9-5-4-6-19(24)18-27-16-14-22(15-17-27)28(21-12-10-20(26)11-13-21)31(29,30)23-7-2-1-3-8-23/h1-13,22H,14-18H2. The van der Waals surface area contributed by atoms with Gasteiger partial charge in [-0.2, -0.15) is 0 Å². The summed E-state index contributed by atoms with van der Waals surface area (Å²) in [6, 6.07) is 21.6. The van der Waals surface area contributed by atoms with Crippen LogP contribution in [-0.4, -0.2) is 32.4 Å². The summed E-state index contributed by atoms with van der Waals surface area (Å²) in [7, 11) is -3.78. The maximum absolute atomic E-state index is 13.5. The molecule has 0 amide bonds. The van der Waals surface area contributed by atoms with E-state index in [-0.39, 0.29) is 10.9 Å². The quantitative estimate of drug-likeness (QED) is 0.500. The lowest BCUT2D eigenvalue weighted by Gasteiger charge is -2.39. The van der Waals surface area contributed by atoms with Crippen LogP contribution in [0.2, 0.25) is 5.02 Å². The van der Waals surface area contributed by atoms with Crippen LogP contribution in [0.4, 0.5) is 10.1 Å². The molecule has 162 valence electrons. The highest BCUT2D eigenvalue weighted by atomic mass is 35.5. The van der Waals surface area contributed by atoms with E-state index in [0.717, 1.165) is 30.2 Å². The molecule has 4 rings (SSSR count). The van der Waals surface area contributed by atoms with Gasteiger partial charge in [0, 0.05) is 30.7 Å². The van der Waals surface area contributed by atoms with E-state index in [4.69, 9.17) is 11.6 Å². The van der Waals surface area contributed by atoms with Crippen molar-refractivity contribution in [2.75, 3.05) is 17.4 Å². The Hall–Kier alpha value is -2.41. The molecule has 0 spiro atoms. The van der Waals surface area contributed by atoms with Gasteiger partial charge in [-0.25, -0.2) is 12.8 Å². The zero-order chi connectivity index (χ0) is 21.8. The number of piperidine rings is 1. The van der Waals surface area contributed by atoms with E-state index in [1.807, 2.05) is 24.3 Å². The Bertz CT molecular complexity index is 1120. The lowest BCUT2D eigenvalue weighted by Crippen LogP contribution is -2.47. The van der Waals surface area contributed by atoms with Gasteiger partial charge in [0.05, 0.1) is 10.6 Å². The fourth-order valence-electron chi connectivity index (χ4n) is 4.02. The van der Waals surface area contributed by atoms with Gasteiger partial charge < -0.3 is 0 Å². The highest BCUT2D eigenvalue weighted by Crippen LogP contribution is 2.31. The van der Waals surface area contributed by atoms with Crippen LogP contribution < -0.4 is 4.31 Å². The number of anilines is 1. The number of likely N-dealkylation sites (tertiary alicyclic amines) is 1. The second-order valence-electron chi connectivity index (χ2n) is 7.69. The van der Waals surface area contributed by atoms with E-state index >= 15 is 0 Å². The Morgan fingerprint density at radius 1 is 0.903 bits per heavy atom. The molecule has 7 heteroatoms.